The van der Waals surface area contributed by atoms with Crippen LogP contribution >= 0.6 is 0 Å². The summed E-state index contributed by atoms with van der Waals surface area (Å²) in [4.78, 5) is 26.1. The number of nitrogens with one attached hydrogen (secondary N) is 1. The summed E-state index contributed by atoms with van der Waals surface area (Å²) in [6.07, 6.45) is 0.728. The molecule has 0 heterocycles. The Kier molecular flexibility index (Phi) is 5.21. The van der Waals surface area contributed by atoms with Crippen molar-refractivity contribution in [3.63, 3.8) is 0 Å². The Hall–Kier alpha value is -2.89. The second-order valence-electron chi connectivity index (χ2n) is 6.47. The van der Waals surface area contributed by atoms with Crippen LogP contribution < -0.4 is 10.1 Å². The number of methoxy groups -OCH3 is 1. The van der Waals surface area contributed by atoms with Crippen LogP contribution in [0.25, 0.3) is 0 Å². The molecule has 2 aromatic carbocycles. The SMILES string of the molecule is COc1cccc(NC(=O)CN(C)C(=O)C2CC2c2ccc(F)cc2)c1. The molecule has 1 fully saturated rings. The Bertz CT molecular complexity index is 807. The Morgan fingerprint density at radius 3 is 2.65 bits per heavy atom. The van der Waals surface area contributed by atoms with Gasteiger partial charge in [-0.1, -0.05) is 18.2 Å². The highest BCUT2D eigenvalue weighted by Gasteiger charge is 2.45. The molecule has 0 aromatic heterocycles. The van der Waals surface area contributed by atoms with E-state index in [4.69, 9.17) is 4.74 Å². The number of amides is 2. The minimum atomic E-state index is -0.288. The predicted molar refractivity (Wildman–Crippen MR) is 96.5 cm³/mol. The first-order valence-electron chi connectivity index (χ1n) is 8.42. The largest absolute Gasteiger partial charge is 0.497 e. The second kappa shape index (κ2) is 7.56. The summed E-state index contributed by atoms with van der Waals surface area (Å²) in [5.41, 5.74) is 1.57. The first-order valence-corrected chi connectivity index (χ1v) is 8.42. The van der Waals surface area contributed by atoms with Crippen LogP contribution in [0.4, 0.5) is 10.1 Å². The minimum absolute atomic E-state index is 0.0251. The van der Waals surface area contributed by atoms with E-state index in [0.29, 0.717) is 11.4 Å². The van der Waals surface area contributed by atoms with Crippen molar-refractivity contribution in [2.45, 2.75) is 12.3 Å². The number of hydrogen-bond donors (Lipinski definition) is 1. The molecule has 0 bridgehead atoms. The zero-order valence-electron chi connectivity index (χ0n) is 14.7. The first-order chi connectivity index (χ1) is 12.5. The number of rotatable bonds is 6. The fraction of sp³-hybridized carbons (Fsp3) is 0.300. The molecule has 1 N–H and O–H groups in total. The number of carbonyl (C=O) groups excluding carboxylic acids is 2. The van der Waals surface area contributed by atoms with Gasteiger partial charge in [-0.2, -0.15) is 0 Å². The van der Waals surface area contributed by atoms with Crippen LogP contribution in [0.3, 0.4) is 0 Å². The number of ether oxygens (including phenoxy) is 1. The van der Waals surface area contributed by atoms with Gasteiger partial charge < -0.3 is 15.0 Å². The average Bonchev–Trinajstić information content (AvgIpc) is 3.42. The van der Waals surface area contributed by atoms with Crippen molar-refractivity contribution in [3.05, 3.63) is 59.9 Å². The van der Waals surface area contributed by atoms with Crippen LogP contribution in [-0.2, 0) is 9.59 Å². The summed E-state index contributed by atoms with van der Waals surface area (Å²) < 4.78 is 18.1. The van der Waals surface area contributed by atoms with Crippen molar-refractivity contribution in [2.75, 3.05) is 26.0 Å². The molecule has 1 aliphatic carbocycles. The van der Waals surface area contributed by atoms with E-state index in [1.165, 1.54) is 17.0 Å². The maximum atomic E-state index is 13.0. The molecule has 6 heteroatoms. The number of benzene rings is 2. The van der Waals surface area contributed by atoms with Crippen LogP contribution in [0, 0.1) is 11.7 Å². The smallest absolute Gasteiger partial charge is 0.243 e. The monoisotopic (exact) mass is 356 g/mol. The molecule has 0 radical (unpaired) electrons. The van der Waals surface area contributed by atoms with E-state index in [1.54, 1.807) is 50.6 Å². The topological polar surface area (TPSA) is 58.6 Å². The third kappa shape index (κ3) is 4.20. The zero-order valence-corrected chi connectivity index (χ0v) is 14.7. The summed E-state index contributed by atoms with van der Waals surface area (Å²) in [6.45, 7) is -0.0251. The van der Waals surface area contributed by atoms with Gasteiger partial charge in [0.25, 0.3) is 0 Å². The molecular formula is C20H21FN2O3. The highest BCUT2D eigenvalue weighted by molar-refractivity contribution is 5.95. The van der Waals surface area contributed by atoms with E-state index >= 15 is 0 Å². The predicted octanol–water partition coefficient (Wildman–Crippen LogP) is 3.03. The van der Waals surface area contributed by atoms with E-state index in [0.717, 1.165) is 12.0 Å². The van der Waals surface area contributed by atoms with Crippen molar-refractivity contribution in [2.24, 2.45) is 5.92 Å². The van der Waals surface area contributed by atoms with Crippen molar-refractivity contribution >= 4 is 17.5 Å². The fourth-order valence-corrected chi connectivity index (χ4v) is 3.02. The number of hydrogen-bond acceptors (Lipinski definition) is 3. The number of halogens is 1. The second-order valence-corrected chi connectivity index (χ2v) is 6.47. The Balaban J connectivity index is 1.52. The van der Waals surface area contributed by atoms with E-state index in [2.05, 4.69) is 5.32 Å². The lowest BCUT2D eigenvalue weighted by Gasteiger charge is -2.17. The van der Waals surface area contributed by atoms with E-state index in [1.807, 2.05) is 0 Å². The van der Waals surface area contributed by atoms with Crippen LogP contribution in [0.5, 0.6) is 5.75 Å². The van der Waals surface area contributed by atoms with Gasteiger partial charge in [-0.05, 0) is 42.2 Å². The lowest BCUT2D eigenvalue weighted by Crippen LogP contribution is -2.36. The molecule has 5 nitrogen and oxygen atoms in total. The maximum Gasteiger partial charge on any atom is 0.243 e. The summed E-state index contributed by atoms with van der Waals surface area (Å²) in [7, 11) is 3.17. The molecule has 2 amide bonds. The van der Waals surface area contributed by atoms with Gasteiger partial charge in [0.1, 0.15) is 11.6 Å². The Labute approximate surface area is 151 Å². The van der Waals surface area contributed by atoms with Gasteiger partial charge in [-0.3, -0.25) is 9.59 Å². The molecule has 3 rings (SSSR count). The maximum absolute atomic E-state index is 13.0. The van der Waals surface area contributed by atoms with Crippen LogP contribution in [-0.4, -0.2) is 37.4 Å². The van der Waals surface area contributed by atoms with Crippen LogP contribution in [0.15, 0.2) is 48.5 Å². The van der Waals surface area contributed by atoms with Crippen molar-refractivity contribution in [3.8, 4) is 5.75 Å². The van der Waals surface area contributed by atoms with Crippen molar-refractivity contribution < 1.29 is 18.7 Å². The number of nitrogens with zero attached hydrogens (tertiary/aromatic N) is 1. The quantitative estimate of drug-likeness (QED) is 0.865. The van der Waals surface area contributed by atoms with Crippen LogP contribution in [0.2, 0.25) is 0 Å². The van der Waals surface area contributed by atoms with Gasteiger partial charge in [0.05, 0.1) is 13.7 Å². The molecule has 136 valence electrons. The zero-order chi connectivity index (χ0) is 18.7. The molecule has 26 heavy (non-hydrogen) atoms. The third-order valence-corrected chi connectivity index (χ3v) is 4.52. The van der Waals surface area contributed by atoms with Crippen molar-refractivity contribution in [1.82, 2.24) is 4.90 Å². The molecule has 2 unspecified atom stereocenters. The van der Waals surface area contributed by atoms with E-state index in [9.17, 15) is 14.0 Å². The normalized spacial score (nSPS) is 18.1. The van der Waals surface area contributed by atoms with Crippen LogP contribution in [0.1, 0.15) is 17.9 Å². The molecule has 2 atom stereocenters. The fourth-order valence-electron chi connectivity index (χ4n) is 3.02. The van der Waals surface area contributed by atoms with Gasteiger partial charge in [0.15, 0.2) is 0 Å². The van der Waals surface area contributed by atoms with Gasteiger partial charge in [0, 0.05) is 24.7 Å². The lowest BCUT2D eigenvalue weighted by atomic mass is 10.1. The standard InChI is InChI=1S/C20H21FN2O3/c1-23(12-19(24)22-15-4-3-5-16(10-15)26-2)20(25)18-11-17(18)13-6-8-14(21)9-7-13/h3-10,17-18H,11-12H2,1-2H3,(H,22,24). The average molecular weight is 356 g/mol. The minimum Gasteiger partial charge on any atom is -0.497 e. The number of likely N-dealkylation sites (N-methyl/N-ethyl adjacent to an activating group) is 1. The molecular weight excluding hydrogens is 335 g/mol. The molecule has 1 aliphatic rings. The summed E-state index contributed by atoms with van der Waals surface area (Å²) in [5, 5.41) is 2.76. The van der Waals surface area contributed by atoms with Gasteiger partial charge in [0.2, 0.25) is 11.8 Å². The summed E-state index contributed by atoms with van der Waals surface area (Å²) in [6, 6.07) is 13.3. The highest BCUT2D eigenvalue weighted by Crippen LogP contribution is 2.48. The molecule has 0 spiro atoms. The first kappa shape index (κ1) is 17.9. The van der Waals surface area contributed by atoms with Crippen molar-refractivity contribution in [1.29, 1.82) is 0 Å². The Morgan fingerprint density at radius 2 is 1.96 bits per heavy atom. The molecule has 1 saturated carbocycles. The molecule has 0 aliphatic heterocycles. The number of carbonyl (C=O) groups is 2. The summed E-state index contributed by atoms with van der Waals surface area (Å²) in [5.74, 6) is -0.0220. The lowest BCUT2D eigenvalue weighted by molar-refractivity contribution is -0.134. The highest BCUT2D eigenvalue weighted by atomic mass is 19.1. The molecule has 2 aromatic rings. The van der Waals surface area contributed by atoms with Gasteiger partial charge in [-0.15, -0.1) is 0 Å². The van der Waals surface area contributed by atoms with E-state index in [-0.39, 0.29) is 36.0 Å². The Morgan fingerprint density at radius 1 is 1.23 bits per heavy atom. The van der Waals surface area contributed by atoms with Gasteiger partial charge in [-0.25, -0.2) is 4.39 Å². The molecule has 0 saturated heterocycles. The van der Waals surface area contributed by atoms with Gasteiger partial charge >= 0.3 is 0 Å². The summed E-state index contributed by atoms with van der Waals surface area (Å²) >= 11 is 0. The van der Waals surface area contributed by atoms with E-state index < -0.39 is 0 Å². The number of anilines is 1. The third-order valence-electron chi connectivity index (χ3n) is 4.52.